The van der Waals surface area contributed by atoms with Gasteiger partial charge in [-0.15, -0.1) is 0 Å². The van der Waals surface area contributed by atoms with Gasteiger partial charge in [0.1, 0.15) is 0 Å². The molecule has 69 valence electrons. The Hall–Kier alpha value is 0.440. The van der Waals surface area contributed by atoms with E-state index >= 15 is 0 Å². The van der Waals surface area contributed by atoms with Gasteiger partial charge in [-0.25, -0.2) is 10.6 Å². The second kappa shape index (κ2) is 9.01. The smallest absolute Gasteiger partial charge is 0.381 e. The van der Waals surface area contributed by atoms with Crippen LogP contribution in [0.2, 0.25) is 10.6 Å². The summed E-state index contributed by atoms with van der Waals surface area (Å²) in [7, 11) is 0. The molecule has 3 nitrogen and oxygen atoms in total. The first-order valence-electron chi connectivity index (χ1n) is 4.60. The molecule has 0 aromatic rings. The van der Waals surface area contributed by atoms with E-state index in [2.05, 4.69) is 36.7 Å². The average Bonchev–Trinajstić information content (AvgIpc) is 1.84. The van der Waals surface area contributed by atoms with Crippen molar-refractivity contribution >= 4 is 14.4 Å². The van der Waals surface area contributed by atoms with E-state index in [9.17, 15) is 0 Å². The molecule has 0 atom stereocenters. The molecular weight excluding hydrogens is 172 g/mol. The molecule has 0 aliphatic carbocycles. The van der Waals surface area contributed by atoms with Crippen molar-refractivity contribution in [2.24, 2.45) is 15.9 Å². The van der Waals surface area contributed by atoms with Crippen molar-refractivity contribution in [1.29, 1.82) is 0 Å². The third-order valence-electron chi connectivity index (χ3n) is 1.70. The maximum atomic E-state index is 8.36. The number of nitrogens with zero attached hydrogens (tertiary/aromatic N) is 3. The molecule has 0 amide bonds. The van der Waals surface area contributed by atoms with Gasteiger partial charge < -0.3 is 4.10 Å². The van der Waals surface area contributed by atoms with Crippen molar-refractivity contribution < 1.29 is 18.9 Å². The van der Waals surface area contributed by atoms with Crippen LogP contribution < -0.4 is 18.9 Å². The van der Waals surface area contributed by atoms with Gasteiger partial charge in [0.25, 0.3) is 0 Å². The minimum absolute atomic E-state index is 0. The summed E-state index contributed by atoms with van der Waals surface area (Å²) in [6, 6.07) is 0. The largest absolute Gasteiger partial charge is 1.00 e. The van der Waals surface area contributed by atoms with Gasteiger partial charge >= 0.3 is 18.9 Å². The second-order valence-corrected chi connectivity index (χ2v) is 6.60. The molecule has 0 aliphatic heterocycles. The topological polar surface area (TPSA) is 48.8 Å². The molecule has 0 spiro atoms. The Labute approximate surface area is 97.7 Å². The van der Waals surface area contributed by atoms with E-state index in [0.29, 0.717) is 11.8 Å². The zero-order chi connectivity index (χ0) is 9.56. The van der Waals surface area contributed by atoms with Crippen LogP contribution in [0, 0.1) is 11.8 Å². The molecule has 13 heavy (non-hydrogen) atoms. The van der Waals surface area contributed by atoms with Crippen LogP contribution >= 0.6 is 0 Å². The predicted molar refractivity (Wildman–Crippen MR) is 54.2 cm³/mol. The molecule has 1 radical (unpaired) electrons. The normalized spacial score (nSPS) is 10.1. The number of hydrogen-bond donors (Lipinski definition) is 0. The fourth-order valence-electron chi connectivity index (χ4n) is 1.35. The molecule has 0 N–H and O–H groups in total. The molecule has 5 heteroatoms. The van der Waals surface area contributed by atoms with Crippen LogP contribution in [0.4, 0.5) is 0 Å². The summed E-state index contributed by atoms with van der Waals surface area (Å²) in [5, 5.41) is 2.28. The Morgan fingerprint density at radius 1 is 1.15 bits per heavy atom. The first-order valence-corrected chi connectivity index (χ1v) is 6.75. The van der Waals surface area contributed by atoms with E-state index in [0.717, 1.165) is 10.6 Å². The molecule has 0 saturated carbocycles. The molecule has 0 unspecified atom stereocenters. The molecule has 0 heterocycles. The number of rotatable bonds is 5. The van der Waals surface area contributed by atoms with E-state index in [4.69, 9.17) is 5.53 Å². The van der Waals surface area contributed by atoms with E-state index in [-0.39, 0.29) is 18.9 Å². The summed E-state index contributed by atoms with van der Waals surface area (Å²) >= 11 is -1.14. The molecule has 0 bridgehead atoms. The second-order valence-electron chi connectivity index (χ2n) is 4.12. The molecule has 0 rings (SSSR count). The van der Waals surface area contributed by atoms with E-state index in [1.54, 1.807) is 0 Å². The standard InChI is InChI=1S/2C4H9.Al.Li.N3/c2*1-4(2)3;;;1-3-2/h2*4H,1H2,2-3H3;;;/q;;;+1;-1. The average molecular weight is 190 g/mol. The van der Waals surface area contributed by atoms with Crippen molar-refractivity contribution in [1.82, 2.24) is 0 Å². The van der Waals surface area contributed by atoms with Gasteiger partial charge in [0.15, 0.2) is 0 Å². The minimum Gasteiger partial charge on any atom is -0.381 e. The van der Waals surface area contributed by atoms with Crippen LogP contribution in [0.1, 0.15) is 27.7 Å². The van der Waals surface area contributed by atoms with Crippen molar-refractivity contribution in [2.75, 3.05) is 0 Å². The fraction of sp³-hybridized carbons (Fsp3) is 1.00. The van der Waals surface area contributed by atoms with Gasteiger partial charge in [0, 0.05) is 0 Å². The van der Waals surface area contributed by atoms with Crippen LogP contribution in [0.3, 0.4) is 0 Å². The predicted octanol–water partition coefficient (Wildman–Crippen LogP) is 0.604. The van der Waals surface area contributed by atoms with Crippen LogP contribution in [-0.2, 0) is 0 Å². The summed E-state index contributed by atoms with van der Waals surface area (Å²) in [6.07, 6.45) is 0. The van der Waals surface area contributed by atoms with Gasteiger partial charge in [0.2, 0.25) is 0 Å². The quantitative estimate of drug-likeness (QED) is 0.264. The van der Waals surface area contributed by atoms with E-state index in [1.165, 1.54) is 0 Å². The molecule has 0 saturated heterocycles. The summed E-state index contributed by atoms with van der Waals surface area (Å²) < 4.78 is 3.92. The minimum atomic E-state index is -1.14. The third kappa shape index (κ3) is 10.4. The van der Waals surface area contributed by atoms with Crippen LogP contribution in [0.5, 0.6) is 0 Å². The first kappa shape index (κ1) is 15.9. The van der Waals surface area contributed by atoms with Gasteiger partial charge in [0.05, 0.1) is 14.4 Å². The summed E-state index contributed by atoms with van der Waals surface area (Å²) in [4.78, 5) is 2.93. The third-order valence-corrected chi connectivity index (χ3v) is 5.11. The Balaban J connectivity index is 0. The van der Waals surface area contributed by atoms with Gasteiger partial charge in [-0.1, -0.05) is 44.4 Å². The zero-order valence-electron chi connectivity index (χ0n) is 9.49. The van der Waals surface area contributed by atoms with E-state index in [1.807, 2.05) is 0 Å². The molecule has 0 aliphatic rings. The Morgan fingerprint density at radius 3 is 1.77 bits per heavy atom. The summed E-state index contributed by atoms with van der Waals surface area (Å²) in [5.41, 5.74) is 8.36. The Bertz CT molecular complexity index is 157. The van der Waals surface area contributed by atoms with Crippen molar-refractivity contribution in [2.45, 2.75) is 38.3 Å². The van der Waals surface area contributed by atoms with Crippen LogP contribution in [-0.4, -0.2) is 14.4 Å². The number of azide groups is 1. The summed E-state index contributed by atoms with van der Waals surface area (Å²) in [5.74, 6) is 1.34. The van der Waals surface area contributed by atoms with Gasteiger partial charge in [-0.3, -0.25) is 0 Å². The van der Waals surface area contributed by atoms with E-state index < -0.39 is 14.4 Å². The fourth-order valence-corrected chi connectivity index (χ4v) is 4.06. The molecule has 0 fully saturated rings. The maximum Gasteiger partial charge on any atom is 1.00 e. The molecule has 0 aromatic carbocycles. The first-order chi connectivity index (χ1) is 5.56. The van der Waals surface area contributed by atoms with Gasteiger partial charge in [-0.2, -0.15) is 0 Å². The Kier molecular flexibility index (Phi) is 11.0. The molecular formula is C8H18AlLiN3. The monoisotopic (exact) mass is 190 g/mol. The molecule has 0 aromatic heterocycles. The van der Waals surface area contributed by atoms with Crippen molar-refractivity contribution in [3.05, 3.63) is 10.4 Å². The zero-order valence-corrected chi connectivity index (χ0v) is 10.6. The maximum absolute atomic E-state index is 8.36. The van der Waals surface area contributed by atoms with Crippen LogP contribution in [0.15, 0.2) is 4.10 Å². The van der Waals surface area contributed by atoms with Crippen molar-refractivity contribution in [3.63, 3.8) is 0 Å². The number of hydrogen-bond acceptors (Lipinski definition) is 1. The summed E-state index contributed by atoms with van der Waals surface area (Å²) in [6.45, 7) is 8.75. The Morgan fingerprint density at radius 2 is 1.54 bits per heavy atom. The SMILES string of the molecule is CC(C)[CH2][Al-]([CH2]C(C)C)[N]=[N+]=[N-].[Li+]. The van der Waals surface area contributed by atoms with Crippen LogP contribution in [0.25, 0.3) is 10.4 Å². The van der Waals surface area contributed by atoms with Crippen molar-refractivity contribution in [3.8, 4) is 0 Å². The van der Waals surface area contributed by atoms with Gasteiger partial charge in [-0.05, 0) is 5.53 Å².